The van der Waals surface area contributed by atoms with Gasteiger partial charge in [-0.1, -0.05) is 11.6 Å². The fourth-order valence-corrected chi connectivity index (χ4v) is 4.01. The lowest BCUT2D eigenvalue weighted by molar-refractivity contribution is 0.191. The molecule has 5 unspecified atom stereocenters. The number of rotatable bonds is 2. The highest BCUT2D eigenvalue weighted by molar-refractivity contribution is 5.08. The van der Waals surface area contributed by atoms with Gasteiger partial charge in [0.15, 0.2) is 5.82 Å². The minimum atomic E-state index is -0.284. The van der Waals surface area contributed by atoms with Gasteiger partial charge in [0.05, 0.1) is 12.1 Å². The molecule has 1 saturated heterocycles. The molecule has 5 atom stereocenters. The van der Waals surface area contributed by atoms with Crippen molar-refractivity contribution in [3.8, 4) is 0 Å². The van der Waals surface area contributed by atoms with Gasteiger partial charge in [-0.3, -0.25) is 0 Å². The van der Waals surface area contributed by atoms with Gasteiger partial charge in [-0.15, -0.1) is 0 Å². The smallest absolute Gasteiger partial charge is 0.243 e. The third-order valence-corrected chi connectivity index (χ3v) is 4.93. The molecule has 2 N–H and O–H groups in total. The highest BCUT2D eigenvalue weighted by Crippen LogP contribution is 2.52. The third kappa shape index (κ3) is 1.68. The topological polar surface area (TPSA) is 71.2 Å². The number of aliphatic hydroxyl groups is 1. The minimum Gasteiger partial charge on any atom is -0.392 e. The number of β-amino-alcohol motifs (C(OH)–C–C–N with tert-alkyl or cyclic N) is 1. The van der Waals surface area contributed by atoms with E-state index in [2.05, 4.69) is 15.5 Å². The van der Waals surface area contributed by atoms with E-state index in [9.17, 15) is 5.11 Å². The van der Waals surface area contributed by atoms with Crippen LogP contribution in [0.4, 0.5) is 0 Å². The summed E-state index contributed by atoms with van der Waals surface area (Å²) in [6.45, 7) is 0.622. The Bertz CT molecular complexity index is 447. The lowest BCUT2D eigenvalue weighted by Crippen LogP contribution is -2.15. The number of aliphatic hydroxyl groups excluding tert-OH is 1. The van der Waals surface area contributed by atoms with Gasteiger partial charge in [0.2, 0.25) is 5.89 Å². The van der Waals surface area contributed by atoms with E-state index in [-0.39, 0.29) is 12.1 Å². The van der Waals surface area contributed by atoms with Crippen LogP contribution >= 0.6 is 0 Å². The highest BCUT2D eigenvalue weighted by Gasteiger charge is 2.42. The van der Waals surface area contributed by atoms with E-state index in [1.807, 2.05) is 0 Å². The maximum absolute atomic E-state index is 9.51. The second-order valence-electron chi connectivity index (χ2n) is 6.12. The van der Waals surface area contributed by atoms with Crippen LogP contribution < -0.4 is 5.32 Å². The molecular weight excluding hydrogens is 230 g/mol. The molecule has 1 aromatic heterocycles. The average Bonchev–Trinajstić information content (AvgIpc) is 3.12. The van der Waals surface area contributed by atoms with Crippen LogP contribution in [0.5, 0.6) is 0 Å². The molecular formula is C13H19N3O2. The first-order valence-electron chi connectivity index (χ1n) is 7.04. The second kappa shape index (κ2) is 4.03. The monoisotopic (exact) mass is 249 g/mol. The van der Waals surface area contributed by atoms with Gasteiger partial charge in [0, 0.05) is 12.5 Å². The molecule has 0 radical (unpaired) electrons. The molecule has 1 aromatic rings. The zero-order valence-corrected chi connectivity index (χ0v) is 10.4. The van der Waals surface area contributed by atoms with Crippen LogP contribution in [0.25, 0.3) is 0 Å². The van der Waals surface area contributed by atoms with E-state index in [0.29, 0.717) is 24.8 Å². The van der Waals surface area contributed by atoms with Crippen LogP contribution in [0.1, 0.15) is 55.8 Å². The molecule has 2 bridgehead atoms. The van der Waals surface area contributed by atoms with Crippen molar-refractivity contribution in [1.29, 1.82) is 0 Å². The Labute approximate surface area is 106 Å². The summed E-state index contributed by atoms with van der Waals surface area (Å²) in [5.41, 5.74) is 0. The van der Waals surface area contributed by atoms with E-state index in [1.54, 1.807) is 0 Å². The molecule has 3 fully saturated rings. The van der Waals surface area contributed by atoms with Crippen molar-refractivity contribution in [2.24, 2.45) is 11.8 Å². The highest BCUT2D eigenvalue weighted by atomic mass is 16.5. The Morgan fingerprint density at radius 3 is 2.83 bits per heavy atom. The van der Waals surface area contributed by atoms with Gasteiger partial charge in [0.25, 0.3) is 0 Å². The second-order valence-corrected chi connectivity index (χ2v) is 6.12. The summed E-state index contributed by atoms with van der Waals surface area (Å²) >= 11 is 0. The zero-order chi connectivity index (χ0) is 12.1. The Morgan fingerprint density at radius 1 is 1.22 bits per heavy atom. The number of hydrogen-bond donors (Lipinski definition) is 2. The van der Waals surface area contributed by atoms with Gasteiger partial charge < -0.3 is 14.9 Å². The van der Waals surface area contributed by atoms with Crippen LogP contribution in [0.2, 0.25) is 0 Å². The Hall–Kier alpha value is -0.940. The number of fused-ring (bicyclic) bond motifs is 2. The van der Waals surface area contributed by atoms with Crippen LogP contribution in [0.15, 0.2) is 4.52 Å². The van der Waals surface area contributed by atoms with Crippen molar-refractivity contribution in [3.63, 3.8) is 0 Å². The first-order valence-corrected chi connectivity index (χ1v) is 7.04. The van der Waals surface area contributed by atoms with Crippen LogP contribution in [0.3, 0.4) is 0 Å². The van der Waals surface area contributed by atoms with E-state index < -0.39 is 0 Å². The van der Waals surface area contributed by atoms with Crippen molar-refractivity contribution in [2.75, 3.05) is 6.54 Å². The molecule has 2 saturated carbocycles. The van der Waals surface area contributed by atoms with Gasteiger partial charge in [-0.2, -0.15) is 4.98 Å². The summed E-state index contributed by atoms with van der Waals surface area (Å²) in [6, 6.07) is 0.0415. The van der Waals surface area contributed by atoms with E-state index in [0.717, 1.165) is 17.7 Å². The Morgan fingerprint density at radius 2 is 2.17 bits per heavy atom. The summed E-state index contributed by atoms with van der Waals surface area (Å²) < 4.78 is 5.38. The zero-order valence-electron chi connectivity index (χ0n) is 10.4. The molecule has 18 heavy (non-hydrogen) atoms. The number of nitrogens with zero attached hydrogens (tertiary/aromatic N) is 2. The number of hydrogen-bond acceptors (Lipinski definition) is 5. The van der Waals surface area contributed by atoms with E-state index >= 15 is 0 Å². The van der Waals surface area contributed by atoms with Crippen molar-refractivity contribution in [1.82, 2.24) is 15.5 Å². The summed E-state index contributed by atoms with van der Waals surface area (Å²) in [7, 11) is 0. The molecule has 98 valence electrons. The molecule has 5 heteroatoms. The van der Waals surface area contributed by atoms with Crippen molar-refractivity contribution in [3.05, 3.63) is 11.7 Å². The first kappa shape index (κ1) is 10.9. The fraction of sp³-hybridized carbons (Fsp3) is 0.846. The SMILES string of the molecule is OC1CNC(c2nc(C3CC4CCC3C4)no2)C1. The lowest BCUT2D eigenvalue weighted by Gasteiger charge is -2.17. The normalized spacial score (nSPS) is 42.8. The molecule has 0 aromatic carbocycles. The quantitative estimate of drug-likeness (QED) is 0.828. The van der Waals surface area contributed by atoms with Gasteiger partial charge in [-0.25, -0.2) is 0 Å². The average molecular weight is 249 g/mol. The molecule has 5 nitrogen and oxygen atoms in total. The van der Waals surface area contributed by atoms with Gasteiger partial charge >= 0.3 is 0 Å². The van der Waals surface area contributed by atoms with E-state index in [4.69, 9.17) is 4.52 Å². The third-order valence-electron chi connectivity index (χ3n) is 4.93. The Balaban J connectivity index is 1.52. The molecule has 4 rings (SSSR count). The maximum atomic E-state index is 9.51. The van der Waals surface area contributed by atoms with Crippen LogP contribution in [-0.2, 0) is 0 Å². The molecule has 0 amide bonds. The standard InChI is InChI=1S/C13H19N3O2/c17-9-5-11(14-6-9)13-15-12(16-18-13)10-4-7-1-2-8(10)3-7/h7-11,14,17H,1-6H2. The van der Waals surface area contributed by atoms with Crippen molar-refractivity contribution in [2.45, 2.75) is 50.2 Å². The lowest BCUT2D eigenvalue weighted by atomic mass is 9.88. The molecule has 2 heterocycles. The summed E-state index contributed by atoms with van der Waals surface area (Å²) in [6.07, 6.45) is 5.72. The predicted molar refractivity (Wildman–Crippen MR) is 63.9 cm³/mol. The van der Waals surface area contributed by atoms with E-state index in [1.165, 1.54) is 25.7 Å². The molecule has 3 aliphatic rings. The van der Waals surface area contributed by atoms with Gasteiger partial charge in [-0.05, 0) is 37.5 Å². The van der Waals surface area contributed by atoms with Crippen LogP contribution in [0, 0.1) is 11.8 Å². The molecule has 2 aliphatic carbocycles. The van der Waals surface area contributed by atoms with Crippen LogP contribution in [-0.4, -0.2) is 27.9 Å². The number of aromatic nitrogens is 2. The predicted octanol–water partition coefficient (Wildman–Crippen LogP) is 1.37. The number of nitrogens with one attached hydrogen (secondary N) is 1. The van der Waals surface area contributed by atoms with Crippen molar-refractivity contribution >= 4 is 0 Å². The summed E-state index contributed by atoms with van der Waals surface area (Å²) in [5, 5.41) is 16.9. The van der Waals surface area contributed by atoms with Crippen molar-refractivity contribution < 1.29 is 9.63 Å². The molecule has 0 spiro atoms. The fourth-order valence-electron chi connectivity index (χ4n) is 4.01. The Kier molecular flexibility index (Phi) is 2.45. The first-order chi connectivity index (χ1) is 8.79. The maximum Gasteiger partial charge on any atom is 0.243 e. The molecule has 1 aliphatic heterocycles. The van der Waals surface area contributed by atoms with Gasteiger partial charge in [0.1, 0.15) is 0 Å². The summed E-state index contributed by atoms with van der Waals surface area (Å²) in [4.78, 5) is 4.58. The summed E-state index contributed by atoms with van der Waals surface area (Å²) in [5.74, 6) is 3.76. The minimum absolute atomic E-state index is 0.0415. The largest absolute Gasteiger partial charge is 0.392 e.